The van der Waals surface area contributed by atoms with Crippen molar-refractivity contribution in [2.45, 2.75) is 23.3 Å². The summed E-state index contributed by atoms with van der Waals surface area (Å²) in [6.07, 6.45) is 0.151. The summed E-state index contributed by atoms with van der Waals surface area (Å²) >= 11 is 0. The molecule has 0 saturated heterocycles. The van der Waals surface area contributed by atoms with Gasteiger partial charge in [-0.25, -0.2) is 13.2 Å². The van der Waals surface area contributed by atoms with Crippen molar-refractivity contribution in [2.75, 3.05) is 13.2 Å². The third kappa shape index (κ3) is 5.21. The number of esters is 2. The third-order valence-electron chi connectivity index (χ3n) is 3.98. The van der Waals surface area contributed by atoms with Crippen molar-refractivity contribution in [3.05, 3.63) is 65.4 Å². The van der Waals surface area contributed by atoms with Gasteiger partial charge in [0.2, 0.25) is 0 Å². The van der Waals surface area contributed by atoms with Crippen molar-refractivity contribution in [2.24, 2.45) is 0 Å². The molecule has 0 N–H and O–H groups in total. The van der Waals surface area contributed by atoms with Gasteiger partial charge in [-0.2, -0.15) is 0 Å². The number of aromatic nitrogens is 2. The van der Waals surface area contributed by atoms with E-state index in [0.29, 0.717) is 0 Å². The second-order valence-electron chi connectivity index (χ2n) is 6.28. The van der Waals surface area contributed by atoms with Gasteiger partial charge < -0.3 is 19.4 Å². The molecule has 0 radical (unpaired) electrons. The molecule has 0 saturated carbocycles. The molecule has 1 aromatic heterocycles. The highest BCUT2D eigenvalue weighted by atomic mass is 32.2. The Labute approximate surface area is 182 Å². The smallest absolute Gasteiger partial charge is 0.414 e. The van der Waals surface area contributed by atoms with E-state index < -0.39 is 32.7 Å². The fraction of sp³-hybridized carbons (Fsp3) is 0.200. The van der Waals surface area contributed by atoms with Gasteiger partial charge in [0.1, 0.15) is 11.3 Å². The minimum absolute atomic E-state index is 0.0691. The monoisotopic (exact) mass is 462 g/mol. The standard InChI is InChI=1S/C20H18N2O9S/c1-14(23)30-17-11-6-5-10-16(17)20(24)29-13-7-12-28-18-19(22(25)31-21-18)32(26,27)15-8-3-2-4-9-15/h2-6,8-11H,7,12-13H2,1H3. The molecular weight excluding hydrogens is 444 g/mol. The fourth-order valence-electron chi connectivity index (χ4n) is 2.59. The average Bonchev–Trinajstić information content (AvgIpc) is 3.15. The van der Waals surface area contributed by atoms with Gasteiger partial charge in [-0.1, -0.05) is 30.3 Å². The van der Waals surface area contributed by atoms with E-state index in [1.807, 2.05) is 0 Å². The number of sulfone groups is 1. The van der Waals surface area contributed by atoms with E-state index in [0.717, 1.165) is 0 Å². The number of ether oxygens (including phenoxy) is 3. The van der Waals surface area contributed by atoms with Gasteiger partial charge in [-0.3, -0.25) is 9.42 Å². The van der Waals surface area contributed by atoms with E-state index >= 15 is 0 Å². The zero-order valence-corrected chi connectivity index (χ0v) is 17.6. The fourth-order valence-corrected chi connectivity index (χ4v) is 3.88. The highest BCUT2D eigenvalue weighted by Gasteiger charge is 2.35. The molecule has 0 bridgehead atoms. The van der Waals surface area contributed by atoms with Crippen LogP contribution >= 0.6 is 0 Å². The molecule has 1 heterocycles. The number of carbonyl (C=O) groups is 2. The van der Waals surface area contributed by atoms with Crippen LogP contribution in [-0.2, 0) is 19.4 Å². The summed E-state index contributed by atoms with van der Waals surface area (Å²) in [5.41, 5.74) is 0.0729. The van der Waals surface area contributed by atoms with Crippen LogP contribution in [0.1, 0.15) is 23.7 Å². The Morgan fingerprint density at radius 2 is 1.75 bits per heavy atom. The molecule has 0 unspecified atom stereocenters. The van der Waals surface area contributed by atoms with Crippen LogP contribution in [-0.4, -0.2) is 38.7 Å². The first-order valence-electron chi connectivity index (χ1n) is 9.28. The van der Waals surface area contributed by atoms with Crippen LogP contribution in [0.2, 0.25) is 0 Å². The first kappa shape index (κ1) is 22.7. The van der Waals surface area contributed by atoms with Crippen molar-refractivity contribution in [3.63, 3.8) is 0 Å². The van der Waals surface area contributed by atoms with Gasteiger partial charge in [-0.05, 0) is 29.2 Å². The molecule has 0 atom stereocenters. The topological polar surface area (TPSA) is 149 Å². The summed E-state index contributed by atoms with van der Waals surface area (Å²) in [5.74, 6) is -1.73. The molecule has 0 aliphatic heterocycles. The van der Waals surface area contributed by atoms with Gasteiger partial charge in [-0.15, -0.1) is 0 Å². The lowest BCUT2D eigenvalue weighted by Gasteiger charge is -2.09. The van der Waals surface area contributed by atoms with Crippen molar-refractivity contribution in [1.29, 1.82) is 0 Å². The molecule has 0 aliphatic carbocycles. The van der Waals surface area contributed by atoms with Gasteiger partial charge in [0.25, 0.3) is 9.84 Å². The summed E-state index contributed by atoms with van der Waals surface area (Å²) in [6, 6.07) is 13.4. The molecule has 2 aromatic carbocycles. The summed E-state index contributed by atoms with van der Waals surface area (Å²) in [5, 5.41) is 14.4. The minimum atomic E-state index is -4.22. The van der Waals surface area contributed by atoms with E-state index in [2.05, 4.69) is 9.79 Å². The van der Waals surface area contributed by atoms with Crippen molar-refractivity contribution in [3.8, 4) is 11.6 Å². The van der Waals surface area contributed by atoms with Gasteiger partial charge in [0.05, 0.1) is 23.3 Å². The molecule has 11 nitrogen and oxygen atoms in total. The maximum Gasteiger partial charge on any atom is 0.414 e. The quantitative estimate of drug-likeness (QED) is 0.199. The van der Waals surface area contributed by atoms with Crippen LogP contribution in [0.15, 0.2) is 69.1 Å². The number of hydrogen-bond donors (Lipinski definition) is 0. The molecule has 0 fully saturated rings. The summed E-state index contributed by atoms with van der Waals surface area (Å²) in [4.78, 5) is 23.0. The molecule has 168 valence electrons. The number of carbonyl (C=O) groups excluding carboxylic acids is 2. The normalized spacial score (nSPS) is 11.0. The lowest BCUT2D eigenvalue weighted by Crippen LogP contribution is -2.31. The highest BCUT2D eigenvalue weighted by Crippen LogP contribution is 2.25. The molecule has 12 heteroatoms. The maximum atomic E-state index is 12.7. The van der Waals surface area contributed by atoms with Crippen LogP contribution in [0.4, 0.5) is 0 Å². The van der Waals surface area contributed by atoms with Crippen LogP contribution < -0.4 is 14.4 Å². The Hall–Kier alpha value is -3.93. The molecule has 0 aliphatic rings. The summed E-state index contributed by atoms with van der Waals surface area (Å²) < 4.78 is 45.1. The van der Waals surface area contributed by atoms with E-state index in [9.17, 15) is 23.2 Å². The molecule has 3 rings (SSSR count). The summed E-state index contributed by atoms with van der Waals surface area (Å²) in [6.45, 7) is 0.993. The predicted octanol–water partition coefficient (Wildman–Crippen LogP) is 1.69. The Bertz CT molecular complexity index is 1210. The predicted molar refractivity (Wildman–Crippen MR) is 106 cm³/mol. The lowest BCUT2D eigenvalue weighted by atomic mass is 10.2. The van der Waals surface area contributed by atoms with Crippen LogP contribution in [0.5, 0.6) is 11.6 Å². The van der Waals surface area contributed by atoms with Crippen LogP contribution in [0, 0.1) is 5.21 Å². The van der Waals surface area contributed by atoms with Crippen molar-refractivity contribution >= 4 is 21.8 Å². The molecule has 3 aromatic rings. The van der Waals surface area contributed by atoms with Gasteiger partial charge >= 0.3 is 22.8 Å². The molecule has 0 spiro atoms. The van der Waals surface area contributed by atoms with E-state index in [-0.39, 0.29) is 40.7 Å². The second-order valence-corrected chi connectivity index (χ2v) is 8.15. The molecular formula is C20H18N2O9S. The van der Waals surface area contributed by atoms with E-state index in [1.165, 1.54) is 43.3 Å². The molecule has 0 amide bonds. The number of benzene rings is 2. The number of para-hydroxylation sites is 1. The van der Waals surface area contributed by atoms with Crippen LogP contribution in [0.3, 0.4) is 0 Å². The number of hydrogen-bond acceptors (Lipinski definition) is 10. The Morgan fingerprint density at radius 3 is 2.47 bits per heavy atom. The maximum absolute atomic E-state index is 12.7. The minimum Gasteiger partial charge on any atom is -0.462 e. The van der Waals surface area contributed by atoms with Crippen molar-refractivity contribution < 1.29 is 41.7 Å². The van der Waals surface area contributed by atoms with Gasteiger partial charge in [0.15, 0.2) is 0 Å². The Balaban J connectivity index is 1.58. The van der Waals surface area contributed by atoms with E-state index in [1.54, 1.807) is 18.2 Å². The Morgan fingerprint density at radius 1 is 1.06 bits per heavy atom. The SMILES string of the molecule is CC(=O)Oc1ccccc1C(=O)OCCCOc1no[n+]([O-])c1S(=O)(=O)c1ccccc1. The lowest BCUT2D eigenvalue weighted by molar-refractivity contribution is -0.832. The van der Waals surface area contributed by atoms with Crippen LogP contribution in [0.25, 0.3) is 0 Å². The first-order chi connectivity index (χ1) is 15.3. The highest BCUT2D eigenvalue weighted by molar-refractivity contribution is 7.91. The summed E-state index contributed by atoms with van der Waals surface area (Å²) in [7, 11) is -4.22. The van der Waals surface area contributed by atoms with Gasteiger partial charge in [0, 0.05) is 13.3 Å². The second kappa shape index (κ2) is 9.92. The first-order valence-corrected chi connectivity index (χ1v) is 10.8. The third-order valence-corrected chi connectivity index (χ3v) is 5.70. The van der Waals surface area contributed by atoms with Crippen molar-refractivity contribution in [1.82, 2.24) is 5.16 Å². The average molecular weight is 462 g/mol. The zero-order valence-electron chi connectivity index (χ0n) is 16.8. The molecule has 32 heavy (non-hydrogen) atoms. The number of rotatable bonds is 9. The Kier molecular flexibility index (Phi) is 7.05. The number of nitrogens with zero attached hydrogens (tertiary/aromatic N) is 2. The largest absolute Gasteiger partial charge is 0.462 e. The van der Waals surface area contributed by atoms with E-state index in [4.69, 9.17) is 14.2 Å². The zero-order chi connectivity index (χ0) is 23.1.